The third-order valence-corrected chi connectivity index (χ3v) is 8.37. The number of nitrogens with one attached hydrogen (secondary N) is 1. The molecule has 1 amide bonds. The number of hydrogen-bond donors (Lipinski definition) is 1. The maximum atomic E-state index is 13.1. The molecule has 0 bridgehead atoms. The lowest BCUT2D eigenvalue weighted by Crippen LogP contribution is -2.50. The van der Waals surface area contributed by atoms with E-state index in [-0.39, 0.29) is 22.8 Å². The van der Waals surface area contributed by atoms with E-state index in [0.717, 1.165) is 13.1 Å². The molecule has 0 radical (unpaired) electrons. The van der Waals surface area contributed by atoms with Crippen LogP contribution in [0.2, 0.25) is 0 Å². The fraction of sp³-hybridized carbons (Fsp3) is 0.310. The lowest BCUT2D eigenvalue weighted by Gasteiger charge is -2.40. The molecule has 5 rings (SSSR count). The molecular weight excluding hydrogens is 484 g/mol. The van der Waals surface area contributed by atoms with E-state index in [1.807, 2.05) is 24.0 Å². The zero-order valence-corrected chi connectivity index (χ0v) is 21.8. The first-order valence-electron chi connectivity index (χ1n) is 12.7. The van der Waals surface area contributed by atoms with E-state index in [2.05, 4.69) is 63.1 Å². The van der Waals surface area contributed by atoms with E-state index < -0.39 is 10.0 Å². The van der Waals surface area contributed by atoms with Gasteiger partial charge in [-0.2, -0.15) is 8.42 Å². The first kappa shape index (κ1) is 25.2. The first-order chi connectivity index (χ1) is 17.9. The second-order valence-electron chi connectivity index (χ2n) is 9.79. The molecule has 0 spiro atoms. The molecule has 37 heavy (non-hydrogen) atoms. The maximum Gasteiger partial charge on any atom is 0.286 e. The summed E-state index contributed by atoms with van der Waals surface area (Å²) in [5.41, 5.74) is 3.03. The van der Waals surface area contributed by atoms with Crippen molar-refractivity contribution in [3.05, 3.63) is 96.1 Å². The summed E-state index contributed by atoms with van der Waals surface area (Å²) in [5, 5.41) is 3.12. The van der Waals surface area contributed by atoms with Gasteiger partial charge in [-0.05, 0) is 29.2 Å². The number of benzene rings is 3. The Labute approximate surface area is 218 Å². The van der Waals surface area contributed by atoms with Gasteiger partial charge in [-0.3, -0.25) is 9.69 Å². The number of fused-ring (bicyclic) bond motifs is 1. The number of amides is 1. The third kappa shape index (κ3) is 5.76. The summed E-state index contributed by atoms with van der Waals surface area (Å²) < 4.78 is 29.0. The topological polar surface area (TPSA) is 82.1 Å². The van der Waals surface area contributed by atoms with Gasteiger partial charge in [-0.1, -0.05) is 79.7 Å². The third-order valence-electron chi connectivity index (χ3n) is 7.00. The van der Waals surface area contributed by atoms with Gasteiger partial charge in [0, 0.05) is 39.0 Å². The van der Waals surface area contributed by atoms with Gasteiger partial charge in [0.2, 0.25) is 5.91 Å². The van der Waals surface area contributed by atoms with Crippen molar-refractivity contribution < 1.29 is 13.2 Å². The summed E-state index contributed by atoms with van der Waals surface area (Å²) in [7, 11) is -3.72. The van der Waals surface area contributed by atoms with Gasteiger partial charge in [0.05, 0.1) is 11.7 Å². The van der Waals surface area contributed by atoms with Gasteiger partial charge in [-0.25, -0.2) is 0 Å². The van der Waals surface area contributed by atoms with Crippen molar-refractivity contribution in [3.63, 3.8) is 0 Å². The Kier molecular flexibility index (Phi) is 7.39. The molecule has 1 saturated heterocycles. The minimum Gasteiger partial charge on any atom is -0.342 e. The largest absolute Gasteiger partial charge is 0.342 e. The minimum absolute atomic E-state index is 0.0429. The summed E-state index contributed by atoms with van der Waals surface area (Å²) in [6.45, 7) is 4.88. The number of anilines is 1. The molecule has 1 atom stereocenters. The number of para-hydroxylation sites is 1. The Balaban J connectivity index is 1.19. The van der Waals surface area contributed by atoms with E-state index in [1.165, 1.54) is 11.1 Å². The van der Waals surface area contributed by atoms with Crippen LogP contribution in [0, 0.1) is 5.92 Å². The molecule has 3 aromatic carbocycles. The van der Waals surface area contributed by atoms with Crippen LogP contribution in [-0.2, 0) is 14.8 Å². The van der Waals surface area contributed by atoms with Crippen LogP contribution in [0.3, 0.4) is 0 Å². The molecule has 0 saturated carbocycles. The molecule has 0 unspecified atom stereocenters. The highest BCUT2D eigenvalue weighted by Gasteiger charge is 2.30. The van der Waals surface area contributed by atoms with Gasteiger partial charge in [-0.15, -0.1) is 4.40 Å². The highest BCUT2D eigenvalue weighted by Crippen LogP contribution is 2.30. The van der Waals surface area contributed by atoms with Crippen LogP contribution in [0.15, 0.2) is 94.2 Å². The van der Waals surface area contributed by atoms with Crippen molar-refractivity contribution >= 4 is 27.5 Å². The smallest absolute Gasteiger partial charge is 0.286 e. The minimum atomic E-state index is -3.72. The Morgan fingerprint density at radius 2 is 1.43 bits per heavy atom. The second kappa shape index (κ2) is 10.9. The Morgan fingerprint density at radius 3 is 2.05 bits per heavy atom. The van der Waals surface area contributed by atoms with Crippen molar-refractivity contribution in [1.29, 1.82) is 0 Å². The van der Waals surface area contributed by atoms with Gasteiger partial charge >= 0.3 is 0 Å². The van der Waals surface area contributed by atoms with E-state index >= 15 is 0 Å². The maximum absolute atomic E-state index is 13.1. The van der Waals surface area contributed by atoms with Crippen molar-refractivity contribution in [2.45, 2.75) is 30.7 Å². The molecule has 192 valence electrons. The zero-order valence-electron chi connectivity index (χ0n) is 21.0. The standard InChI is InChI=1S/C29H32N4O3S/c1-22(20-27-30-25-14-8-9-15-26(25)37(35,36)31-27)21-28(34)32-16-18-33(19-17-32)29(23-10-4-2-5-11-23)24-12-6-3-7-13-24/h2-15,22,29H,16-21H2,1H3,(H,30,31)/t22-/m1/s1. The number of amidine groups is 1. The Bertz CT molecular complexity index is 1330. The molecular formula is C29H32N4O3S. The summed E-state index contributed by atoms with van der Waals surface area (Å²) in [5.74, 6) is 0.443. The van der Waals surface area contributed by atoms with Crippen LogP contribution in [0.4, 0.5) is 5.69 Å². The van der Waals surface area contributed by atoms with Gasteiger partial charge in [0.25, 0.3) is 10.0 Å². The fourth-order valence-corrected chi connectivity index (χ4v) is 6.36. The number of rotatable bonds is 7. The normalized spacial score (nSPS) is 18.0. The zero-order chi connectivity index (χ0) is 25.8. The molecule has 0 aromatic heterocycles. The second-order valence-corrected chi connectivity index (χ2v) is 11.4. The van der Waals surface area contributed by atoms with Crippen LogP contribution in [0.1, 0.15) is 36.9 Å². The Morgan fingerprint density at radius 1 is 0.865 bits per heavy atom. The number of hydrogen-bond acceptors (Lipinski definition) is 5. The van der Waals surface area contributed by atoms with Crippen LogP contribution >= 0.6 is 0 Å². The van der Waals surface area contributed by atoms with E-state index in [1.54, 1.807) is 24.3 Å². The number of carbonyl (C=O) groups is 1. The fourth-order valence-electron chi connectivity index (χ4n) is 5.20. The molecule has 2 heterocycles. The van der Waals surface area contributed by atoms with Crippen molar-refractivity contribution in [1.82, 2.24) is 9.80 Å². The highest BCUT2D eigenvalue weighted by atomic mass is 32.2. The molecule has 7 nitrogen and oxygen atoms in total. The van der Waals surface area contributed by atoms with Crippen LogP contribution in [0.25, 0.3) is 0 Å². The van der Waals surface area contributed by atoms with Crippen molar-refractivity contribution in [3.8, 4) is 0 Å². The average molecular weight is 517 g/mol. The van der Waals surface area contributed by atoms with Gasteiger partial charge in [0.15, 0.2) is 0 Å². The average Bonchev–Trinajstić information content (AvgIpc) is 2.90. The molecule has 1 fully saturated rings. The summed E-state index contributed by atoms with van der Waals surface area (Å²) >= 11 is 0. The number of sulfonamides is 1. The predicted octanol–water partition coefficient (Wildman–Crippen LogP) is 4.55. The number of carbonyl (C=O) groups excluding carboxylic acids is 1. The molecule has 2 aliphatic rings. The van der Waals surface area contributed by atoms with E-state index in [9.17, 15) is 13.2 Å². The molecule has 3 aromatic rings. The lowest BCUT2D eigenvalue weighted by atomic mass is 9.96. The monoisotopic (exact) mass is 516 g/mol. The quantitative estimate of drug-likeness (QED) is 0.498. The predicted molar refractivity (Wildman–Crippen MR) is 146 cm³/mol. The summed E-state index contributed by atoms with van der Waals surface area (Å²) in [6, 6.07) is 27.9. The van der Waals surface area contributed by atoms with Crippen LogP contribution in [-0.4, -0.2) is 56.1 Å². The Hall–Kier alpha value is -3.49. The van der Waals surface area contributed by atoms with Crippen molar-refractivity contribution in [2.24, 2.45) is 10.3 Å². The number of nitrogens with zero attached hydrogens (tertiary/aromatic N) is 3. The van der Waals surface area contributed by atoms with Gasteiger partial charge in [0.1, 0.15) is 10.7 Å². The summed E-state index contributed by atoms with van der Waals surface area (Å²) in [6.07, 6.45) is 0.743. The lowest BCUT2D eigenvalue weighted by molar-refractivity contribution is -0.134. The van der Waals surface area contributed by atoms with Crippen molar-refractivity contribution in [2.75, 3.05) is 31.5 Å². The highest BCUT2D eigenvalue weighted by molar-refractivity contribution is 7.90. The SMILES string of the molecule is C[C@@H](CC(=O)N1CCN(C(c2ccccc2)c2ccccc2)CC1)CC1=NS(=O)(=O)c2ccccc2N1. The summed E-state index contributed by atoms with van der Waals surface area (Å²) in [4.78, 5) is 17.7. The number of piperazine rings is 1. The van der Waals surface area contributed by atoms with Gasteiger partial charge < -0.3 is 10.2 Å². The molecule has 8 heteroatoms. The molecule has 2 aliphatic heterocycles. The van der Waals surface area contributed by atoms with E-state index in [0.29, 0.717) is 37.5 Å². The first-order valence-corrected chi connectivity index (χ1v) is 14.2. The van der Waals surface area contributed by atoms with Crippen LogP contribution < -0.4 is 5.32 Å². The van der Waals surface area contributed by atoms with E-state index in [4.69, 9.17) is 0 Å². The molecule has 0 aliphatic carbocycles. The molecule has 1 N–H and O–H groups in total. The van der Waals surface area contributed by atoms with Crippen LogP contribution in [0.5, 0.6) is 0 Å².